The number of rotatable bonds is 6. The highest BCUT2D eigenvalue weighted by molar-refractivity contribution is 9.10. The quantitative estimate of drug-likeness (QED) is 0.338. The van der Waals surface area contributed by atoms with E-state index in [1.54, 1.807) is 24.3 Å². The minimum absolute atomic E-state index is 0.147. The Hall–Kier alpha value is -3.00. The first kappa shape index (κ1) is 20.9. The van der Waals surface area contributed by atoms with Crippen LogP contribution in [0.2, 0.25) is 0 Å². The Labute approximate surface area is 192 Å². The number of hydrazone groups is 1. The van der Waals surface area contributed by atoms with Crippen LogP contribution in [-0.4, -0.2) is 30.1 Å². The van der Waals surface area contributed by atoms with E-state index in [9.17, 15) is 14.0 Å². The number of nitrogens with zero attached hydrogens (tertiary/aromatic N) is 2. The molecular weight excluding hydrogens is 479 g/mol. The van der Waals surface area contributed by atoms with Gasteiger partial charge in [0.25, 0.3) is 11.8 Å². The van der Waals surface area contributed by atoms with Gasteiger partial charge in [-0.15, -0.1) is 0 Å². The number of hydrogen-bond acceptors (Lipinski definition) is 5. The number of imide groups is 1. The van der Waals surface area contributed by atoms with Gasteiger partial charge in [0.1, 0.15) is 12.4 Å². The fourth-order valence-corrected chi connectivity index (χ4v) is 5.39. The van der Waals surface area contributed by atoms with E-state index in [4.69, 9.17) is 9.47 Å². The van der Waals surface area contributed by atoms with Crippen LogP contribution in [0.1, 0.15) is 17.5 Å². The molecule has 5 rings (SSSR count). The molecule has 1 saturated heterocycles. The molecule has 6 nitrogen and oxygen atoms in total. The average Bonchev–Trinajstić information content (AvgIpc) is 3.46. The standard InChI is InChI=1S/C24H20BrFN2O4/c1-31-19-9-14(8-18(25)22(19)32-12-13-2-6-17(26)7-3-13)11-27-28-23(29)20-15-4-5-16(10-15)21(20)24(28)30/h2-9,11,15-16,20-21H,10,12H2,1H3/t15-,16-,20-,21+/m0/s1. The Kier molecular flexibility index (Phi) is 5.33. The van der Waals surface area contributed by atoms with Crippen molar-refractivity contribution in [2.45, 2.75) is 13.0 Å². The summed E-state index contributed by atoms with van der Waals surface area (Å²) in [5.74, 6) is -0.0748. The predicted octanol–water partition coefficient (Wildman–Crippen LogP) is 4.32. The Morgan fingerprint density at radius 1 is 1.12 bits per heavy atom. The van der Waals surface area contributed by atoms with Crippen LogP contribution in [-0.2, 0) is 16.2 Å². The normalized spacial score (nSPS) is 25.8. The first-order valence-electron chi connectivity index (χ1n) is 10.3. The number of carbonyl (C=O) groups excluding carboxylic acids is 2. The Balaban J connectivity index is 1.33. The summed E-state index contributed by atoms with van der Waals surface area (Å²) in [4.78, 5) is 25.5. The number of halogens is 2. The molecule has 32 heavy (non-hydrogen) atoms. The second-order valence-electron chi connectivity index (χ2n) is 8.18. The van der Waals surface area contributed by atoms with E-state index in [0.29, 0.717) is 21.5 Å². The van der Waals surface area contributed by atoms with Crippen molar-refractivity contribution in [2.75, 3.05) is 7.11 Å². The van der Waals surface area contributed by atoms with Crippen LogP contribution in [0.4, 0.5) is 4.39 Å². The molecule has 2 fully saturated rings. The highest BCUT2D eigenvalue weighted by Crippen LogP contribution is 2.52. The van der Waals surface area contributed by atoms with Crippen molar-refractivity contribution >= 4 is 34.0 Å². The van der Waals surface area contributed by atoms with Crippen LogP contribution in [0.5, 0.6) is 11.5 Å². The summed E-state index contributed by atoms with van der Waals surface area (Å²) in [5, 5.41) is 5.23. The summed E-state index contributed by atoms with van der Waals surface area (Å²) in [5.41, 5.74) is 1.45. The van der Waals surface area contributed by atoms with E-state index in [1.807, 2.05) is 0 Å². The van der Waals surface area contributed by atoms with Crippen molar-refractivity contribution in [1.29, 1.82) is 0 Å². The number of fused-ring (bicyclic) bond motifs is 5. The van der Waals surface area contributed by atoms with Gasteiger partial charge in [-0.2, -0.15) is 10.1 Å². The summed E-state index contributed by atoms with van der Waals surface area (Å²) in [6.45, 7) is 0.235. The fraction of sp³-hybridized carbons (Fsp3) is 0.292. The molecular formula is C24H20BrFN2O4. The summed E-state index contributed by atoms with van der Waals surface area (Å²) in [7, 11) is 1.52. The highest BCUT2D eigenvalue weighted by Gasteiger charge is 2.59. The van der Waals surface area contributed by atoms with E-state index in [-0.39, 0.29) is 47.9 Å². The number of methoxy groups -OCH3 is 1. The van der Waals surface area contributed by atoms with Gasteiger partial charge in [0.15, 0.2) is 11.5 Å². The van der Waals surface area contributed by atoms with Crippen molar-refractivity contribution < 1.29 is 23.5 Å². The van der Waals surface area contributed by atoms with E-state index in [2.05, 4.69) is 33.2 Å². The topological polar surface area (TPSA) is 68.2 Å². The van der Waals surface area contributed by atoms with Gasteiger partial charge in [-0.3, -0.25) is 9.59 Å². The summed E-state index contributed by atoms with van der Waals surface area (Å²) < 4.78 is 25.0. The molecule has 3 aliphatic rings. The molecule has 0 spiro atoms. The monoisotopic (exact) mass is 498 g/mol. The average molecular weight is 499 g/mol. The van der Waals surface area contributed by atoms with Gasteiger partial charge in [0.2, 0.25) is 0 Å². The molecule has 1 saturated carbocycles. The van der Waals surface area contributed by atoms with E-state index in [0.717, 1.165) is 17.0 Å². The van der Waals surface area contributed by atoms with Gasteiger partial charge < -0.3 is 9.47 Å². The van der Waals surface area contributed by atoms with E-state index in [1.165, 1.54) is 25.5 Å². The van der Waals surface area contributed by atoms with Gasteiger partial charge in [0, 0.05) is 0 Å². The lowest BCUT2D eigenvalue weighted by atomic mass is 9.85. The highest BCUT2D eigenvalue weighted by atomic mass is 79.9. The largest absolute Gasteiger partial charge is 0.493 e. The van der Waals surface area contributed by atoms with Crippen LogP contribution in [0.25, 0.3) is 0 Å². The maximum Gasteiger partial charge on any atom is 0.254 e. The summed E-state index contributed by atoms with van der Waals surface area (Å²) in [6, 6.07) is 9.53. The second-order valence-corrected chi connectivity index (χ2v) is 9.04. The molecule has 2 aromatic rings. The fourth-order valence-electron chi connectivity index (χ4n) is 4.82. The molecule has 2 amide bonds. The van der Waals surface area contributed by atoms with Gasteiger partial charge in [0.05, 0.1) is 29.6 Å². The van der Waals surface area contributed by atoms with Crippen molar-refractivity contribution in [2.24, 2.45) is 28.8 Å². The number of hydrogen-bond donors (Lipinski definition) is 0. The van der Waals surface area contributed by atoms with Gasteiger partial charge >= 0.3 is 0 Å². The minimum Gasteiger partial charge on any atom is -0.493 e. The maximum atomic E-state index is 13.1. The number of allylic oxidation sites excluding steroid dienone is 2. The molecule has 8 heteroatoms. The Morgan fingerprint density at radius 2 is 1.78 bits per heavy atom. The third-order valence-corrected chi connectivity index (χ3v) is 6.91. The van der Waals surface area contributed by atoms with Crippen LogP contribution in [0.3, 0.4) is 0 Å². The van der Waals surface area contributed by atoms with Crippen LogP contribution in [0, 0.1) is 29.5 Å². The third-order valence-electron chi connectivity index (χ3n) is 6.32. The molecule has 2 bridgehead atoms. The van der Waals surface area contributed by atoms with Crippen LogP contribution >= 0.6 is 15.9 Å². The lowest BCUT2D eigenvalue weighted by molar-refractivity contribution is -0.140. The first-order chi connectivity index (χ1) is 15.5. The number of ether oxygens (including phenoxy) is 2. The molecule has 2 aliphatic carbocycles. The van der Waals surface area contributed by atoms with Crippen LogP contribution < -0.4 is 9.47 Å². The molecule has 0 radical (unpaired) electrons. The summed E-state index contributed by atoms with van der Waals surface area (Å²) in [6.07, 6.45) is 6.46. The smallest absolute Gasteiger partial charge is 0.254 e. The predicted molar refractivity (Wildman–Crippen MR) is 119 cm³/mol. The van der Waals surface area contributed by atoms with Gasteiger partial charge in [-0.25, -0.2) is 4.39 Å². The molecule has 1 aliphatic heterocycles. The molecule has 2 aromatic carbocycles. The van der Waals surface area contributed by atoms with Crippen molar-refractivity contribution in [3.05, 3.63) is 70.0 Å². The number of carbonyl (C=O) groups is 2. The SMILES string of the molecule is COc1cc(C=NN2C(=O)[C@@H]3[C@H](C2=O)[C@H]2C=C[C@H]3C2)cc(Br)c1OCc1ccc(F)cc1. The number of amides is 2. The van der Waals surface area contributed by atoms with E-state index < -0.39 is 0 Å². The van der Waals surface area contributed by atoms with Gasteiger partial charge in [-0.05, 0) is 69.6 Å². The van der Waals surface area contributed by atoms with Crippen molar-refractivity contribution in [3.8, 4) is 11.5 Å². The van der Waals surface area contributed by atoms with Crippen LogP contribution in [0.15, 0.2) is 58.1 Å². The van der Waals surface area contributed by atoms with E-state index >= 15 is 0 Å². The van der Waals surface area contributed by atoms with Gasteiger partial charge in [-0.1, -0.05) is 24.3 Å². The Morgan fingerprint density at radius 3 is 2.41 bits per heavy atom. The van der Waals surface area contributed by atoms with Crippen molar-refractivity contribution in [3.63, 3.8) is 0 Å². The van der Waals surface area contributed by atoms with Crippen molar-refractivity contribution in [1.82, 2.24) is 5.01 Å². The molecule has 4 atom stereocenters. The number of benzene rings is 2. The molecule has 0 unspecified atom stereocenters. The first-order valence-corrected chi connectivity index (χ1v) is 11.1. The lowest BCUT2D eigenvalue weighted by Gasteiger charge is -2.14. The molecule has 164 valence electrons. The lowest BCUT2D eigenvalue weighted by Crippen LogP contribution is -2.28. The summed E-state index contributed by atoms with van der Waals surface area (Å²) >= 11 is 3.48. The minimum atomic E-state index is -0.307. The maximum absolute atomic E-state index is 13.1. The zero-order valence-electron chi connectivity index (χ0n) is 17.2. The molecule has 0 aromatic heterocycles. The molecule has 0 N–H and O–H groups in total. The second kappa shape index (κ2) is 8.16. The Bertz CT molecular complexity index is 1120. The third kappa shape index (κ3) is 3.52. The molecule has 1 heterocycles. The zero-order chi connectivity index (χ0) is 22.4. The zero-order valence-corrected chi connectivity index (χ0v) is 18.8.